The van der Waals surface area contributed by atoms with Crippen LogP contribution in [0.5, 0.6) is 11.5 Å². The fraction of sp³-hybridized carbons (Fsp3) is 0.462. The van der Waals surface area contributed by atoms with Crippen LogP contribution in [0.25, 0.3) is 0 Å². The maximum Gasteiger partial charge on any atom is 0.161 e. The van der Waals surface area contributed by atoms with Crippen LogP contribution in [0.15, 0.2) is 17.1 Å². The Bertz CT molecular complexity index is 457. The van der Waals surface area contributed by atoms with Crippen LogP contribution in [0.3, 0.4) is 0 Å². The lowest BCUT2D eigenvalue weighted by Crippen LogP contribution is -2.20. The summed E-state index contributed by atoms with van der Waals surface area (Å²) in [6.07, 6.45) is 0.913. The highest BCUT2D eigenvalue weighted by Crippen LogP contribution is 2.33. The first-order valence-electron chi connectivity index (χ1n) is 5.57. The van der Waals surface area contributed by atoms with E-state index in [1.165, 1.54) is 5.56 Å². The summed E-state index contributed by atoms with van der Waals surface area (Å²) in [5.74, 6) is 1.90. The highest BCUT2D eigenvalue weighted by molar-refractivity contribution is 6.32. The molecule has 0 fully saturated rings. The van der Waals surface area contributed by atoms with E-state index in [2.05, 4.69) is 11.9 Å². The molecule has 1 atom stereocenters. The average molecular weight is 254 g/mol. The van der Waals surface area contributed by atoms with E-state index in [0.717, 1.165) is 29.2 Å². The number of ether oxygens (including phenoxy) is 2. The van der Waals surface area contributed by atoms with Gasteiger partial charge in [-0.05, 0) is 31.0 Å². The molecule has 4 heteroatoms. The molecule has 0 spiro atoms. The Morgan fingerprint density at radius 3 is 2.53 bits per heavy atom. The van der Waals surface area contributed by atoms with E-state index in [9.17, 15) is 0 Å². The lowest BCUT2D eigenvalue weighted by molar-refractivity contribution is 0.354. The van der Waals surface area contributed by atoms with Gasteiger partial charge in [-0.2, -0.15) is 0 Å². The van der Waals surface area contributed by atoms with Gasteiger partial charge in [-0.1, -0.05) is 0 Å². The second-order valence-corrected chi connectivity index (χ2v) is 4.39. The molecule has 0 bridgehead atoms. The Morgan fingerprint density at radius 2 is 1.94 bits per heavy atom. The van der Waals surface area contributed by atoms with Crippen LogP contribution >= 0.6 is 11.6 Å². The zero-order valence-electron chi connectivity index (χ0n) is 10.3. The molecule has 1 heterocycles. The van der Waals surface area contributed by atoms with Crippen LogP contribution in [0.2, 0.25) is 0 Å². The molecule has 0 aromatic heterocycles. The Labute approximate surface area is 106 Å². The van der Waals surface area contributed by atoms with Crippen molar-refractivity contribution >= 4 is 17.3 Å². The smallest absolute Gasteiger partial charge is 0.161 e. The summed E-state index contributed by atoms with van der Waals surface area (Å²) in [4.78, 5) is 4.56. The van der Waals surface area contributed by atoms with Gasteiger partial charge in [0.1, 0.15) is 0 Å². The number of hydrogen-bond acceptors (Lipinski definition) is 3. The van der Waals surface area contributed by atoms with E-state index in [-0.39, 0.29) is 6.04 Å². The molecule has 3 nitrogen and oxygen atoms in total. The van der Waals surface area contributed by atoms with Gasteiger partial charge < -0.3 is 9.47 Å². The van der Waals surface area contributed by atoms with Crippen LogP contribution in [-0.4, -0.2) is 31.9 Å². The monoisotopic (exact) mass is 253 g/mol. The Hall–Kier alpha value is -1.22. The molecule has 17 heavy (non-hydrogen) atoms. The molecular formula is C13H16ClNO2. The third-order valence-corrected chi connectivity index (χ3v) is 3.19. The largest absolute Gasteiger partial charge is 0.493 e. The fourth-order valence-corrected chi connectivity index (χ4v) is 2.38. The van der Waals surface area contributed by atoms with Crippen LogP contribution < -0.4 is 9.47 Å². The van der Waals surface area contributed by atoms with Gasteiger partial charge in [0.05, 0.1) is 31.9 Å². The van der Waals surface area contributed by atoms with Crippen molar-refractivity contribution in [2.75, 3.05) is 20.1 Å². The summed E-state index contributed by atoms with van der Waals surface area (Å²) in [6, 6.07) is 4.25. The first kappa shape index (κ1) is 12.2. The second kappa shape index (κ2) is 4.96. The van der Waals surface area contributed by atoms with Crippen molar-refractivity contribution in [1.29, 1.82) is 0 Å². The predicted molar refractivity (Wildman–Crippen MR) is 70.0 cm³/mol. The zero-order valence-corrected chi connectivity index (χ0v) is 11.0. The number of aliphatic imine (C=N–C) groups is 1. The molecule has 0 aliphatic carbocycles. The zero-order chi connectivity index (χ0) is 12.4. The first-order valence-corrected chi connectivity index (χ1v) is 6.11. The number of benzene rings is 1. The third kappa shape index (κ3) is 2.25. The van der Waals surface area contributed by atoms with E-state index in [1.54, 1.807) is 14.2 Å². The summed E-state index contributed by atoms with van der Waals surface area (Å²) in [5.41, 5.74) is 3.23. The second-order valence-electron chi connectivity index (χ2n) is 4.13. The Balaban J connectivity index is 2.54. The van der Waals surface area contributed by atoms with E-state index >= 15 is 0 Å². The SMILES string of the molecule is COc1cc2c(cc1OC)C(CCl)=NC(C)C2. The predicted octanol–water partition coefficient (Wildman–Crippen LogP) is 2.68. The molecule has 0 saturated heterocycles. The molecule has 1 aromatic rings. The van der Waals surface area contributed by atoms with Crippen molar-refractivity contribution in [2.24, 2.45) is 4.99 Å². The summed E-state index contributed by atoms with van der Waals surface area (Å²) in [5, 5.41) is 0. The first-order chi connectivity index (χ1) is 8.19. The summed E-state index contributed by atoms with van der Waals surface area (Å²) >= 11 is 5.94. The molecule has 0 saturated carbocycles. The van der Waals surface area contributed by atoms with Crippen molar-refractivity contribution in [1.82, 2.24) is 0 Å². The number of hydrogen-bond donors (Lipinski definition) is 0. The molecule has 0 radical (unpaired) electrons. The van der Waals surface area contributed by atoms with Gasteiger partial charge in [0.2, 0.25) is 0 Å². The minimum absolute atomic E-state index is 0.273. The van der Waals surface area contributed by atoms with Crippen LogP contribution in [0, 0.1) is 0 Å². The Kier molecular flexibility index (Phi) is 3.57. The number of fused-ring (bicyclic) bond motifs is 1. The maximum atomic E-state index is 5.94. The van der Waals surface area contributed by atoms with Crippen molar-refractivity contribution < 1.29 is 9.47 Å². The van der Waals surface area contributed by atoms with Crippen molar-refractivity contribution in [3.05, 3.63) is 23.3 Å². The van der Waals surface area contributed by atoms with E-state index < -0.39 is 0 Å². The van der Waals surface area contributed by atoms with Crippen LogP contribution in [0.1, 0.15) is 18.1 Å². The van der Waals surface area contributed by atoms with E-state index in [4.69, 9.17) is 21.1 Å². The molecule has 1 aliphatic heterocycles. The molecule has 2 rings (SSSR count). The summed E-state index contributed by atoms with van der Waals surface area (Å²) < 4.78 is 10.6. The third-order valence-electron chi connectivity index (χ3n) is 2.94. The fourth-order valence-electron chi connectivity index (χ4n) is 2.16. The minimum Gasteiger partial charge on any atom is -0.493 e. The lowest BCUT2D eigenvalue weighted by Gasteiger charge is -2.22. The number of rotatable bonds is 3. The summed E-state index contributed by atoms with van der Waals surface area (Å²) in [7, 11) is 3.28. The highest BCUT2D eigenvalue weighted by Gasteiger charge is 2.20. The maximum absolute atomic E-state index is 5.94. The summed E-state index contributed by atoms with van der Waals surface area (Å²) in [6.45, 7) is 2.09. The van der Waals surface area contributed by atoms with Crippen LogP contribution in [0.4, 0.5) is 0 Å². The lowest BCUT2D eigenvalue weighted by atomic mass is 9.94. The average Bonchev–Trinajstić information content (AvgIpc) is 2.35. The molecule has 92 valence electrons. The van der Waals surface area contributed by atoms with Crippen molar-refractivity contribution in [3.8, 4) is 11.5 Å². The number of methoxy groups -OCH3 is 2. The van der Waals surface area contributed by atoms with Gasteiger partial charge >= 0.3 is 0 Å². The van der Waals surface area contributed by atoms with Crippen molar-refractivity contribution in [2.45, 2.75) is 19.4 Å². The molecule has 1 aliphatic rings. The highest BCUT2D eigenvalue weighted by atomic mass is 35.5. The standard InChI is InChI=1S/C13H16ClNO2/c1-8-4-9-5-12(16-2)13(17-3)6-10(9)11(7-14)15-8/h5-6,8H,4,7H2,1-3H3. The van der Waals surface area contributed by atoms with Gasteiger partial charge in [-0.15, -0.1) is 11.6 Å². The van der Waals surface area contributed by atoms with Gasteiger partial charge in [-0.3, -0.25) is 4.99 Å². The normalized spacial score (nSPS) is 18.4. The van der Waals surface area contributed by atoms with Crippen LogP contribution in [-0.2, 0) is 6.42 Å². The Morgan fingerprint density at radius 1 is 1.29 bits per heavy atom. The van der Waals surface area contributed by atoms with Gasteiger partial charge in [-0.25, -0.2) is 0 Å². The molecular weight excluding hydrogens is 238 g/mol. The molecule has 1 aromatic carbocycles. The van der Waals surface area contributed by atoms with Gasteiger partial charge in [0.15, 0.2) is 11.5 Å². The molecule has 1 unspecified atom stereocenters. The minimum atomic E-state index is 0.273. The van der Waals surface area contributed by atoms with Gasteiger partial charge in [0.25, 0.3) is 0 Å². The van der Waals surface area contributed by atoms with Gasteiger partial charge in [0, 0.05) is 5.56 Å². The van der Waals surface area contributed by atoms with Crippen molar-refractivity contribution in [3.63, 3.8) is 0 Å². The number of alkyl halides is 1. The van der Waals surface area contributed by atoms with E-state index in [0.29, 0.717) is 5.88 Å². The van der Waals surface area contributed by atoms with E-state index in [1.807, 2.05) is 12.1 Å². The molecule has 0 N–H and O–H groups in total. The quantitative estimate of drug-likeness (QED) is 0.776. The number of nitrogens with zero attached hydrogens (tertiary/aromatic N) is 1. The number of halogens is 1. The molecule has 0 amide bonds. The topological polar surface area (TPSA) is 30.8 Å².